The van der Waals surface area contributed by atoms with E-state index in [4.69, 9.17) is 18.0 Å². The van der Waals surface area contributed by atoms with E-state index >= 15 is 0 Å². The zero-order valence-electron chi connectivity index (χ0n) is 13.7. The summed E-state index contributed by atoms with van der Waals surface area (Å²) >= 11 is 0. The molecule has 0 heterocycles. The average molecular weight is 324 g/mol. The molecule has 21 heavy (non-hydrogen) atoms. The van der Waals surface area contributed by atoms with Crippen LogP contribution in [-0.4, -0.2) is 48.5 Å². The molecule has 1 unspecified atom stereocenters. The molecule has 0 amide bonds. The van der Waals surface area contributed by atoms with E-state index in [1.807, 2.05) is 0 Å². The Hall–Kier alpha value is -0.503. The number of alkyl halides is 1. The quantitative estimate of drug-likeness (QED) is 0.296. The summed E-state index contributed by atoms with van der Waals surface area (Å²) in [5.74, 6) is -0.869. The minimum atomic E-state index is -2.99. The Balaban J connectivity index is 3.89. The first-order valence-electron chi connectivity index (χ1n) is 7.51. The number of halogens is 1. The van der Waals surface area contributed by atoms with Gasteiger partial charge in [0.1, 0.15) is 0 Å². The number of carbonyl (C=O) groups excluding carboxylic acids is 1. The van der Waals surface area contributed by atoms with Gasteiger partial charge >= 0.3 is 14.8 Å². The first-order chi connectivity index (χ1) is 10.0. The van der Waals surface area contributed by atoms with E-state index in [0.29, 0.717) is 6.42 Å². The van der Waals surface area contributed by atoms with Crippen LogP contribution in [-0.2, 0) is 22.8 Å². The topological polar surface area (TPSA) is 54.0 Å². The molecule has 0 aliphatic rings. The van der Waals surface area contributed by atoms with Gasteiger partial charge in [-0.15, -0.1) is 0 Å². The van der Waals surface area contributed by atoms with Gasteiger partial charge in [0.15, 0.2) is 12.4 Å². The van der Waals surface area contributed by atoms with Crippen molar-refractivity contribution in [2.75, 3.05) is 27.6 Å². The monoisotopic (exact) mass is 324 g/mol. The normalized spacial score (nSPS) is 13.2. The second-order valence-corrected chi connectivity index (χ2v) is 7.81. The number of rotatable bonds is 13. The first-order valence-corrected chi connectivity index (χ1v) is 9.44. The third-order valence-electron chi connectivity index (χ3n) is 3.39. The Kier molecular flexibility index (Phi) is 11.8. The lowest BCUT2D eigenvalue weighted by Gasteiger charge is -2.23. The molecule has 0 aromatic carbocycles. The lowest BCUT2D eigenvalue weighted by Crippen LogP contribution is -2.49. The predicted molar refractivity (Wildman–Crippen MR) is 80.6 cm³/mol. The van der Waals surface area contributed by atoms with E-state index in [9.17, 15) is 9.18 Å². The van der Waals surface area contributed by atoms with E-state index in [1.54, 1.807) is 0 Å². The van der Waals surface area contributed by atoms with Crippen LogP contribution in [0.25, 0.3) is 0 Å². The number of carbonyl (C=O) groups is 1. The fourth-order valence-electron chi connectivity index (χ4n) is 1.90. The van der Waals surface area contributed by atoms with Crippen LogP contribution in [0.2, 0.25) is 0 Å². The van der Waals surface area contributed by atoms with E-state index < -0.39 is 20.9 Å². The molecule has 5 nitrogen and oxygen atoms in total. The average Bonchev–Trinajstić information content (AvgIpc) is 2.52. The highest BCUT2D eigenvalue weighted by molar-refractivity contribution is 6.60. The van der Waals surface area contributed by atoms with E-state index in [2.05, 4.69) is 6.92 Å². The van der Waals surface area contributed by atoms with Crippen molar-refractivity contribution >= 4 is 14.8 Å². The molecule has 1 atom stereocenters. The van der Waals surface area contributed by atoms with E-state index in [-0.39, 0.29) is 12.7 Å². The summed E-state index contributed by atoms with van der Waals surface area (Å²) in [7, 11) is 1.25. The summed E-state index contributed by atoms with van der Waals surface area (Å²) < 4.78 is 33.9. The standard InChI is InChI=1S/C14H29FO5Si/c1-5-6-7-8-9-10-11-13(15)14(16)20-12-21(17-2,18-3)19-4/h13H,5-12H2,1-4H3. The van der Waals surface area contributed by atoms with Gasteiger partial charge in [-0.05, 0) is 12.8 Å². The van der Waals surface area contributed by atoms with Crippen molar-refractivity contribution in [3.63, 3.8) is 0 Å². The Morgan fingerprint density at radius 2 is 1.52 bits per heavy atom. The maximum atomic E-state index is 13.7. The van der Waals surface area contributed by atoms with Gasteiger partial charge in [-0.1, -0.05) is 39.0 Å². The van der Waals surface area contributed by atoms with Gasteiger partial charge in [-0.25, -0.2) is 9.18 Å². The molecule has 7 heteroatoms. The van der Waals surface area contributed by atoms with Gasteiger partial charge in [0, 0.05) is 21.3 Å². The Bertz CT molecular complexity index is 266. The van der Waals surface area contributed by atoms with Crippen LogP contribution in [0.4, 0.5) is 4.39 Å². The van der Waals surface area contributed by atoms with Crippen molar-refractivity contribution in [1.82, 2.24) is 0 Å². The molecule has 0 aromatic rings. The first kappa shape index (κ1) is 20.5. The fraction of sp³-hybridized carbons (Fsp3) is 0.929. The van der Waals surface area contributed by atoms with E-state index in [0.717, 1.165) is 12.8 Å². The van der Waals surface area contributed by atoms with Gasteiger partial charge < -0.3 is 18.0 Å². The molecule has 0 aliphatic carbocycles. The largest absolute Gasteiger partial charge is 0.539 e. The highest BCUT2D eigenvalue weighted by Gasteiger charge is 2.40. The molecule has 0 fully saturated rings. The smallest absolute Gasteiger partial charge is 0.459 e. The molecule has 0 aromatic heterocycles. The molecular formula is C14H29FO5Si. The number of unbranched alkanes of at least 4 members (excludes halogenated alkanes) is 5. The van der Waals surface area contributed by atoms with Crippen molar-refractivity contribution in [3.05, 3.63) is 0 Å². The molecule has 0 radical (unpaired) electrons. The molecule has 0 rings (SSSR count). The van der Waals surface area contributed by atoms with Crippen molar-refractivity contribution in [2.24, 2.45) is 0 Å². The van der Waals surface area contributed by atoms with Crippen molar-refractivity contribution in [3.8, 4) is 0 Å². The summed E-state index contributed by atoms with van der Waals surface area (Å²) in [6.45, 7) is 2.15. The van der Waals surface area contributed by atoms with E-state index in [1.165, 1.54) is 40.6 Å². The molecule has 0 N–H and O–H groups in total. The van der Waals surface area contributed by atoms with Crippen molar-refractivity contribution in [1.29, 1.82) is 0 Å². The number of esters is 1. The van der Waals surface area contributed by atoms with Gasteiger partial charge in [0.2, 0.25) is 0 Å². The molecular weight excluding hydrogens is 295 g/mol. The Morgan fingerprint density at radius 3 is 2.05 bits per heavy atom. The third kappa shape index (κ3) is 8.50. The zero-order chi connectivity index (χ0) is 16.1. The Morgan fingerprint density at radius 1 is 1.00 bits per heavy atom. The van der Waals surface area contributed by atoms with Crippen LogP contribution in [0.15, 0.2) is 0 Å². The van der Waals surface area contributed by atoms with Crippen LogP contribution in [0, 0.1) is 0 Å². The minimum absolute atomic E-state index is 0.174. The zero-order valence-corrected chi connectivity index (χ0v) is 14.7. The van der Waals surface area contributed by atoms with Gasteiger partial charge in [-0.2, -0.15) is 0 Å². The summed E-state index contributed by atoms with van der Waals surface area (Å²) in [6.07, 6.45) is 4.72. The molecule has 0 saturated carbocycles. The fourth-order valence-corrected chi connectivity index (χ4v) is 3.07. The summed E-state index contributed by atoms with van der Waals surface area (Å²) in [5, 5.41) is 0. The van der Waals surface area contributed by atoms with Gasteiger partial charge in [-0.3, -0.25) is 0 Å². The van der Waals surface area contributed by atoms with Crippen molar-refractivity contribution < 1.29 is 27.2 Å². The second kappa shape index (κ2) is 12.1. The summed E-state index contributed by atoms with van der Waals surface area (Å²) in [6, 6.07) is 0. The molecule has 126 valence electrons. The van der Waals surface area contributed by atoms with Crippen LogP contribution in [0.3, 0.4) is 0 Å². The van der Waals surface area contributed by atoms with Gasteiger partial charge in [0.05, 0.1) is 0 Å². The Labute approximate surface area is 128 Å². The summed E-state index contributed by atoms with van der Waals surface area (Å²) in [5.41, 5.74) is 0. The SMILES string of the molecule is CCCCCCCCC(F)C(=O)OC[Si](OC)(OC)OC. The number of ether oxygens (including phenoxy) is 1. The predicted octanol–water partition coefficient (Wildman–Crippen LogP) is 3.04. The van der Waals surface area contributed by atoms with Gasteiger partial charge in [0.25, 0.3) is 0 Å². The lowest BCUT2D eigenvalue weighted by atomic mass is 10.1. The molecule has 0 bridgehead atoms. The van der Waals surface area contributed by atoms with Crippen molar-refractivity contribution in [2.45, 2.75) is 58.0 Å². The van der Waals surface area contributed by atoms with Crippen LogP contribution < -0.4 is 0 Å². The second-order valence-electron chi connectivity index (χ2n) is 4.93. The highest BCUT2D eigenvalue weighted by Crippen LogP contribution is 2.13. The highest BCUT2D eigenvalue weighted by atomic mass is 28.4. The lowest BCUT2D eigenvalue weighted by molar-refractivity contribution is -0.149. The summed E-state index contributed by atoms with van der Waals surface area (Å²) in [4.78, 5) is 11.6. The molecule has 0 aliphatic heterocycles. The number of hydrogen-bond donors (Lipinski definition) is 0. The van der Waals surface area contributed by atoms with Crippen LogP contribution in [0.5, 0.6) is 0 Å². The molecule has 0 saturated heterocycles. The number of hydrogen-bond acceptors (Lipinski definition) is 5. The third-order valence-corrected chi connectivity index (χ3v) is 5.76. The maximum absolute atomic E-state index is 13.7. The minimum Gasteiger partial charge on any atom is -0.459 e. The maximum Gasteiger partial charge on any atom is 0.539 e. The van der Waals surface area contributed by atoms with Crippen LogP contribution in [0.1, 0.15) is 51.9 Å². The molecule has 0 spiro atoms. The van der Waals surface area contributed by atoms with Crippen LogP contribution >= 0.6 is 0 Å².